The molecule has 2 amide bonds. The Balaban J connectivity index is 1.45. The first-order chi connectivity index (χ1) is 16.2. The second-order valence-electron chi connectivity index (χ2n) is 7.29. The number of rotatable bonds is 9. The number of nitrogens with zero attached hydrogens (tertiary/aromatic N) is 4. The lowest BCUT2D eigenvalue weighted by molar-refractivity contribution is -0.118. The third-order valence-corrected chi connectivity index (χ3v) is 5.18. The molecule has 0 bridgehead atoms. The monoisotopic (exact) mass is 444 g/mol. The van der Waals surface area contributed by atoms with Crippen LogP contribution in [0.3, 0.4) is 0 Å². The number of H-pyrrole nitrogens is 1. The molecule has 0 saturated carbocycles. The molecule has 0 unspecified atom stereocenters. The third kappa shape index (κ3) is 5.32. The van der Waals surface area contributed by atoms with Gasteiger partial charge in [-0.3, -0.25) is 19.7 Å². The van der Waals surface area contributed by atoms with Crippen molar-refractivity contribution >= 4 is 28.5 Å². The number of hydrogen-bond donors (Lipinski definition) is 2. The standard InChI is InChI=1S/C24H24N6O3/c1-33-18-7-4-6-17(16-18)30(15-14-27-24(32)21-9-2-3-12-25-21)22(31)11-10-20-19-8-5-13-26-23(19)29-28-20/h2-9,12-13,16H,10-11,14-15H2,1H3,(H,27,32)(H,26,28,29). The van der Waals surface area contributed by atoms with Crippen molar-refractivity contribution in [2.45, 2.75) is 12.8 Å². The van der Waals surface area contributed by atoms with Gasteiger partial charge in [0.2, 0.25) is 5.91 Å². The Kier molecular flexibility index (Phi) is 6.89. The van der Waals surface area contributed by atoms with Crippen LogP contribution in [0.15, 0.2) is 67.0 Å². The minimum absolute atomic E-state index is 0.0815. The molecular weight excluding hydrogens is 420 g/mol. The fourth-order valence-corrected chi connectivity index (χ4v) is 3.50. The van der Waals surface area contributed by atoms with Crippen LogP contribution in [0, 0.1) is 0 Å². The highest BCUT2D eigenvalue weighted by molar-refractivity contribution is 5.95. The first-order valence-electron chi connectivity index (χ1n) is 10.6. The van der Waals surface area contributed by atoms with E-state index in [0.717, 1.165) is 11.1 Å². The van der Waals surface area contributed by atoms with Crippen molar-refractivity contribution in [3.8, 4) is 5.75 Å². The number of fused-ring (bicyclic) bond motifs is 1. The van der Waals surface area contributed by atoms with Gasteiger partial charge in [-0.2, -0.15) is 5.10 Å². The van der Waals surface area contributed by atoms with Crippen LogP contribution in [0.4, 0.5) is 5.69 Å². The molecule has 0 saturated heterocycles. The van der Waals surface area contributed by atoms with Crippen LogP contribution in [-0.4, -0.2) is 52.2 Å². The van der Waals surface area contributed by atoms with E-state index in [1.165, 1.54) is 0 Å². The summed E-state index contributed by atoms with van der Waals surface area (Å²) in [6, 6.07) is 16.2. The second-order valence-corrected chi connectivity index (χ2v) is 7.29. The van der Waals surface area contributed by atoms with Crippen molar-refractivity contribution < 1.29 is 14.3 Å². The van der Waals surface area contributed by atoms with Gasteiger partial charge in [-0.25, -0.2) is 4.98 Å². The Morgan fingerprint density at radius 3 is 2.76 bits per heavy atom. The highest BCUT2D eigenvalue weighted by Gasteiger charge is 2.18. The molecule has 0 aliphatic heterocycles. The van der Waals surface area contributed by atoms with Crippen LogP contribution < -0.4 is 15.0 Å². The topological polar surface area (TPSA) is 113 Å². The fraction of sp³-hybridized carbons (Fsp3) is 0.208. The van der Waals surface area contributed by atoms with E-state index in [0.29, 0.717) is 35.7 Å². The number of amides is 2. The van der Waals surface area contributed by atoms with E-state index >= 15 is 0 Å². The summed E-state index contributed by atoms with van der Waals surface area (Å²) in [6.07, 6.45) is 4.00. The van der Waals surface area contributed by atoms with Gasteiger partial charge in [0.15, 0.2) is 5.65 Å². The van der Waals surface area contributed by atoms with Gasteiger partial charge >= 0.3 is 0 Å². The van der Waals surface area contributed by atoms with E-state index in [4.69, 9.17) is 4.74 Å². The molecule has 0 aliphatic carbocycles. The summed E-state index contributed by atoms with van der Waals surface area (Å²) >= 11 is 0. The van der Waals surface area contributed by atoms with Gasteiger partial charge in [-0.15, -0.1) is 0 Å². The van der Waals surface area contributed by atoms with E-state index in [9.17, 15) is 9.59 Å². The molecule has 168 valence electrons. The molecule has 0 atom stereocenters. The number of ether oxygens (including phenoxy) is 1. The highest BCUT2D eigenvalue weighted by atomic mass is 16.5. The summed E-state index contributed by atoms with van der Waals surface area (Å²) in [5.41, 5.74) is 2.52. The van der Waals surface area contributed by atoms with Gasteiger partial charge in [0.25, 0.3) is 5.91 Å². The van der Waals surface area contributed by atoms with Crippen LogP contribution in [0.2, 0.25) is 0 Å². The maximum Gasteiger partial charge on any atom is 0.269 e. The molecule has 4 rings (SSSR count). The minimum atomic E-state index is -0.287. The normalized spacial score (nSPS) is 10.7. The highest BCUT2D eigenvalue weighted by Crippen LogP contribution is 2.22. The number of methoxy groups -OCH3 is 1. The van der Waals surface area contributed by atoms with Gasteiger partial charge in [-0.05, 0) is 42.8 Å². The van der Waals surface area contributed by atoms with E-state index in [1.54, 1.807) is 48.7 Å². The Morgan fingerprint density at radius 2 is 1.94 bits per heavy atom. The summed E-state index contributed by atoms with van der Waals surface area (Å²) in [4.78, 5) is 35.5. The van der Waals surface area contributed by atoms with E-state index < -0.39 is 0 Å². The van der Waals surface area contributed by atoms with E-state index in [1.807, 2.05) is 30.3 Å². The zero-order valence-electron chi connectivity index (χ0n) is 18.2. The molecule has 0 spiro atoms. The average molecular weight is 444 g/mol. The van der Waals surface area contributed by atoms with Gasteiger partial charge in [0, 0.05) is 54.7 Å². The fourth-order valence-electron chi connectivity index (χ4n) is 3.50. The van der Waals surface area contributed by atoms with Crippen molar-refractivity contribution in [3.63, 3.8) is 0 Å². The predicted octanol–water partition coefficient (Wildman–Crippen LogP) is 2.76. The smallest absolute Gasteiger partial charge is 0.269 e. The van der Waals surface area contributed by atoms with Crippen molar-refractivity contribution in [2.75, 3.05) is 25.1 Å². The number of nitrogens with one attached hydrogen (secondary N) is 2. The predicted molar refractivity (Wildman–Crippen MR) is 124 cm³/mol. The second kappa shape index (κ2) is 10.4. The van der Waals surface area contributed by atoms with Crippen LogP contribution >= 0.6 is 0 Å². The number of carbonyl (C=O) groups excluding carboxylic acids is 2. The average Bonchev–Trinajstić information content (AvgIpc) is 3.28. The molecule has 33 heavy (non-hydrogen) atoms. The van der Waals surface area contributed by atoms with Crippen molar-refractivity contribution in [3.05, 3.63) is 78.4 Å². The Labute approximate surface area is 190 Å². The van der Waals surface area contributed by atoms with Crippen molar-refractivity contribution in [2.24, 2.45) is 0 Å². The number of anilines is 1. The largest absolute Gasteiger partial charge is 0.497 e. The molecule has 2 N–H and O–H groups in total. The Hall–Kier alpha value is -4.27. The number of hydrogen-bond acceptors (Lipinski definition) is 6. The van der Waals surface area contributed by atoms with E-state index in [-0.39, 0.29) is 24.8 Å². The van der Waals surface area contributed by atoms with E-state index in [2.05, 4.69) is 25.5 Å². The van der Waals surface area contributed by atoms with Crippen LogP contribution in [-0.2, 0) is 11.2 Å². The van der Waals surface area contributed by atoms with Gasteiger partial charge in [0.05, 0.1) is 7.11 Å². The molecule has 3 heterocycles. The summed E-state index contributed by atoms with van der Waals surface area (Å²) in [7, 11) is 1.58. The van der Waals surface area contributed by atoms with Gasteiger partial charge in [0.1, 0.15) is 11.4 Å². The lowest BCUT2D eigenvalue weighted by Gasteiger charge is -2.23. The molecule has 3 aromatic heterocycles. The molecule has 0 aliphatic rings. The quantitative estimate of drug-likeness (QED) is 0.410. The molecule has 0 radical (unpaired) electrons. The minimum Gasteiger partial charge on any atom is -0.497 e. The number of carbonyl (C=O) groups is 2. The summed E-state index contributed by atoms with van der Waals surface area (Å²) in [6.45, 7) is 0.575. The number of aromatic nitrogens is 4. The zero-order chi connectivity index (χ0) is 23.0. The summed E-state index contributed by atoms with van der Waals surface area (Å²) in [5, 5.41) is 10.9. The first-order valence-corrected chi connectivity index (χ1v) is 10.6. The number of pyridine rings is 2. The molecule has 1 aromatic carbocycles. The third-order valence-electron chi connectivity index (χ3n) is 5.18. The molecule has 9 nitrogen and oxygen atoms in total. The first kappa shape index (κ1) is 21.9. The number of benzene rings is 1. The Morgan fingerprint density at radius 1 is 1.06 bits per heavy atom. The van der Waals surface area contributed by atoms with Crippen molar-refractivity contribution in [1.29, 1.82) is 0 Å². The lowest BCUT2D eigenvalue weighted by atomic mass is 10.1. The zero-order valence-corrected chi connectivity index (χ0v) is 18.2. The maximum atomic E-state index is 13.2. The lowest BCUT2D eigenvalue weighted by Crippen LogP contribution is -2.39. The summed E-state index contributed by atoms with van der Waals surface area (Å²) in [5.74, 6) is 0.278. The maximum absolute atomic E-state index is 13.2. The van der Waals surface area contributed by atoms with Gasteiger partial charge in [-0.1, -0.05) is 12.1 Å². The number of aromatic amines is 1. The molecule has 4 aromatic rings. The van der Waals surface area contributed by atoms with Crippen LogP contribution in [0.25, 0.3) is 11.0 Å². The van der Waals surface area contributed by atoms with Crippen molar-refractivity contribution in [1.82, 2.24) is 25.5 Å². The van der Waals surface area contributed by atoms with Crippen LogP contribution in [0.5, 0.6) is 5.75 Å². The van der Waals surface area contributed by atoms with Crippen LogP contribution in [0.1, 0.15) is 22.6 Å². The van der Waals surface area contributed by atoms with Gasteiger partial charge < -0.3 is 15.0 Å². The SMILES string of the molecule is COc1cccc(N(CCNC(=O)c2ccccn2)C(=O)CCc2[nH]nc3ncccc23)c1. The molecule has 0 fully saturated rings. The Bertz CT molecular complexity index is 1240. The summed E-state index contributed by atoms with van der Waals surface area (Å²) < 4.78 is 5.32. The molecular formula is C24H24N6O3. The molecule has 9 heteroatoms. The number of aryl methyl sites for hydroxylation is 1.